The lowest BCUT2D eigenvalue weighted by molar-refractivity contribution is -0.141. The fourth-order valence-corrected chi connectivity index (χ4v) is 1.06. The van der Waals surface area contributed by atoms with Gasteiger partial charge in [-0.2, -0.15) is 5.26 Å². The maximum absolute atomic E-state index is 11.5. The van der Waals surface area contributed by atoms with Crippen molar-refractivity contribution in [1.82, 2.24) is 0 Å². The number of esters is 2. The molecule has 0 saturated heterocycles. The molecule has 0 amide bonds. The molecule has 0 aliphatic carbocycles. The van der Waals surface area contributed by atoms with Crippen LogP contribution in [0.15, 0.2) is 22.8 Å². The van der Waals surface area contributed by atoms with Crippen LogP contribution in [0.4, 0.5) is 0 Å². The maximum Gasteiger partial charge on any atom is 0.350 e. The van der Waals surface area contributed by atoms with Gasteiger partial charge < -0.3 is 9.47 Å². The monoisotopic (exact) mass is 257 g/mol. The number of nitriles is 1. The van der Waals surface area contributed by atoms with Gasteiger partial charge in [0.1, 0.15) is 5.03 Å². The van der Waals surface area contributed by atoms with Gasteiger partial charge in [0.15, 0.2) is 0 Å². The van der Waals surface area contributed by atoms with E-state index in [1.807, 2.05) is 0 Å². The molecule has 0 aromatic carbocycles. The standard InChI is InChI=1S/C11H12ClNO4/c1-3-16-10(14)8(6-5-7-13)9(12)11(15)17-4-2/h5-6H,3-4H2,1-2H3/b6-5+,9-8+. The zero-order chi connectivity index (χ0) is 13.3. The van der Waals surface area contributed by atoms with Gasteiger partial charge in [-0.1, -0.05) is 11.6 Å². The van der Waals surface area contributed by atoms with Gasteiger partial charge >= 0.3 is 11.9 Å². The summed E-state index contributed by atoms with van der Waals surface area (Å²) in [5.74, 6) is -1.61. The Kier molecular flexibility index (Phi) is 7.48. The lowest BCUT2D eigenvalue weighted by Gasteiger charge is -2.05. The van der Waals surface area contributed by atoms with Gasteiger partial charge in [-0.3, -0.25) is 0 Å². The van der Waals surface area contributed by atoms with Crippen LogP contribution in [-0.2, 0) is 19.1 Å². The Morgan fingerprint density at radius 2 is 1.76 bits per heavy atom. The number of hydrogen-bond donors (Lipinski definition) is 0. The fourth-order valence-electron chi connectivity index (χ4n) is 0.865. The van der Waals surface area contributed by atoms with Gasteiger partial charge in [-0.15, -0.1) is 0 Å². The summed E-state index contributed by atoms with van der Waals surface area (Å²) in [6, 6.07) is 1.69. The first-order valence-corrected chi connectivity index (χ1v) is 5.26. The molecule has 0 aliphatic heterocycles. The van der Waals surface area contributed by atoms with Crippen LogP contribution < -0.4 is 0 Å². The largest absolute Gasteiger partial charge is 0.462 e. The molecule has 0 unspecified atom stereocenters. The number of carbonyl (C=O) groups excluding carboxylic acids is 2. The average molecular weight is 258 g/mol. The third kappa shape index (κ3) is 5.18. The minimum absolute atomic E-state index is 0.132. The number of allylic oxidation sites excluding steroid dienone is 1. The number of hydrogen-bond acceptors (Lipinski definition) is 5. The van der Waals surface area contributed by atoms with Gasteiger partial charge in [0.2, 0.25) is 0 Å². The van der Waals surface area contributed by atoms with Gasteiger partial charge in [0.05, 0.1) is 24.9 Å². The van der Waals surface area contributed by atoms with Crippen LogP contribution in [0.2, 0.25) is 0 Å². The molecule has 17 heavy (non-hydrogen) atoms. The first-order valence-electron chi connectivity index (χ1n) is 4.88. The Bertz CT molecular complexity index is 393. The maximum atomic E-state index is 11.5. The smallest absolute Gasteiger partial charge is 0.350 e. The van der Waals surface area contributed by atoms with E-state index in [0.717, 1.165) is 12.2 Å². The summed E-state index contributed by atoms with van der Waals surface area (Å²) in [7, 11) is 0. The van der Waals surface area contributed by atoms with E-state index in [0.29, 0.717) is 0 Å². The number of halogens is 1. The van der Waals surface area contributed by atoms with Crippen molar-refractivity contribution in [2.75, 3.05) is 13.2 Å². The summed E-state index contributed by atoms with van der Waals surface area (Å²) >= 11 is 5.69. The quantitative estimate of drug-likeness (QED) is 0.324. The summed E-state index contributed by atoms with van der Waals surface area (Å²) in [4.78, 5) is 22.8. The van der Waals surface area contributed by atoms with Crippen LogP contribution in [0.5, 0.6) is 0 Å². The van der Waals surface area contributed by atoms with Gasteiger partial charge in [-0.25, -0.2) is 9.59 Å². The zero-order valence-electron chi connectivity index (χ0n) is 9.53. The van der Waals surface area contributed by atoms with E-state index in [1.165, 1.54) is 0 Å². The van der Waals surface area contributed by atoms with Crippen molar-refractivity contribution in [3.05, 3.63) is 22.8 Å². The first-order chi connectivity index (χ1) is 8.08. The second-order valence-electron chi connectivity index (χ2n) is 2.63. The van der Waals surface area contributed by atoms with Crippen molar-refractivity contribution in [3.8, 4) is 6.07 Å². The van der Waals surface area contributed by atoms with Crippen molar-refractivity contribution in [3.63, 3.8) is 0 Å². The Morgan fingerprint density at radius 3 is 2.24 bits per heavy atom. The Hall–Kier alpha value is -1.80. The SMILES string of the molecule is CCOC(=O)/C(Cl)=C(/C=C/C#N)C(=O)OCC. The van der Waals surface area contributed by atoms with Crippen LogP contribution >= 0.6 is 11.6 Å². The lowest BCUT2D eigenvalue weighted by Crippen LogP contribution is -2.13. The molecule has 0 spiro atoms. The van der Waals surface area contributed by atoms with Gasteiger partial charge in [-0.05, 0) is 19.9 Å². The highest BCUT2D eigenvalue weighted by atomic mass is 35.5. The molecular formula is C11H12ClNO4. The Morgan fingerprint density at radius 1 is 1.24 bits per heavy atom. The lowest BCUT2D eigenvalue weighted by atomic mass is 10.2. The number of nitrogens with zero attached hydrogens (tertiary/aromatic N) is 1. The van der Waals surface area contributed by atoms with E-state index in [-0.39, 0.29) is 18.8 Å². The molecule has 0 radical (unpaired) electrons. The molecule has 0 saturated carbocycles. The van der Waals surface area contributed by atoms with Crippen molar-refractivity contribution >= 4 is 23.5 Å². The van der Waals surface area contributed by atoms with Gasteiger partial charge in [0.25, 0.3) is 0 Å². The summed E-state index contributed by atoms with van der Waals surface area (Å²) in [6.45, 7) is 3.49. The molecule has 0 aliphatic rings. The van der Waals surface area contributed by atoms with Crippen LogP contribution in [0, 0.1) is 11.3 Å². The highest BCUT2D eigenvalue weighted by molar-refractivity contribution is 6.43. The molecule has 0 bridgehead atoms. The van der Waals surface area contributed by atoms with E-state index in [1.54, 1.807) is 19.9 Å². The van der Waals surface area contributed by atoms with E-state index in [9.17, 15) is 9.59 Å². The van der Waals surface area contributed by atoms with Crippen LogP contribution in [0.1, 0.15) is 13.8 Å². The van der Waals surface area contributed by atoms with Crippen LogP contribution in [0.25, 0.3) is 0 Å². The predicted octanol–water partition coefficient (Wildman–Crippen LogP) is 1.69. The summed E-state index contributed by atoms with van der Waals surface area (Å²) in [5, 5.41) is 7.97. The minimum atomic E-state index is -0.834. The van der Waals surface area contributed by atoms with E-state index in [2.05, 4.69) is 4.74 Å². The molecule has 6 heteroatoms. The highest BCUT2D eigenvalue weighted by Crippen LogP contribution is 2.15. The minimum Gasteiger partial charge on any atom is -0.462 e. The van der Waals surface area contributed by atoms with Crippen molar-refractivity contribution < 1.29 is 19.1 Å². The summed E-state index contributed by atoms with van der Waals surface area (Å²) in [5.41, 5.74) is -0.200. The summed E-state index contributed by atoms with van der Waals surface area (Å²) < 4.78 is 9.34. The van der Waals surface area contributed by atoms with Crippen LogP contribution in [-0.4, -0.2) is 25.2 Å². The molecule has 0 N–H and O–H groups in total. The third-order valence-electron chi connectivity index (χ3n) is 1.51. The number of ether oxygens (including phenoxy) is 2. The van der Waals surface area contributed by atoms with E-state index in [4.69, 9.17) is 21.6 Å². The Labute approximate surface area is 104 Å². The molecule has 5 nitrogen and oxygen atoms in total. The van der Waals surface area contributed by atoms with E-state index < -0.39 is 17.0 Å². The van der Waals surface area contributed by atoms with Gasteiger partial charge in [0, 0.05) is 6.08 Å². The van der Waals surface area contributed by atoms with E-state index >= 15 is 0 Å². The summed E-state index contributed by atoms with van der Waals surface area (Å²) in [6.07, 6.45) is 2.13. The number of rotatable bonds is 5. The van der Waals surface area contributed by atoms with Crippen molar-refractivity contribution in [1.29, 1.82) is 5.26 Å². The third-order valence-corrected chi connectivity index (χ3v) is 1.87. The number of carbonyl (C=O) groups is 2. The second-order valence-corrected chi connectivity index (χ2v) is 3.01. The van der Waals surface area contributed by atoms with Crippen molar-refractivity contribution in [2.24, 2.45) is 0 Å². The molecule has 0 aromatic heterocycles. The molecule has 92 valence electrons. The molecule has 0 fully saturated rings. The second kappa shape index (κ2) is 8.36. The molecule has 0 rings (SSSR count). The molecule has 0 aromatic rings. The fraction of sp³-hybridized carbons (Fsp3) is 0.364. The van der Waals surface area contributed by atoms with Crippen molar-refractivity contribution in [2.45, 2.75) is 13.8 Å². The molecule has 0 heterocycles. The highest BCUT2D eigenvalue weighted by Gasteiger charge is 2.19. The average Bonchev–Trinajstić information content (AvgIpc) is 2.30. The first kappa shape index (κ1) is 15.2. The predicted molar refractivity (Wildman–Crippen MR) is 60.9 cm³/mol. The van der Waals surface area contributed by atoms with Crippen LogP contribution in [0.3, 0.4) is 0 Å². The zero-order valence-corrected chi connectivity index (χ0v) is 10.3. The normalized spacial score (nSPS) is 11.6. The topological polar surface area (TPSA) is 76.4 Å². The molecular weight excluding hydrogens is 246 g/mol. The molecule has 0 atom stereocenters. The Balaban J connectivity index is 5.21.